The molecule has 0 aliphatic heterocycles. The Morgan fingerprint density at radius 2 is 1.50 bits per heavy atom. The summed E-state index contributed by atoms with van der Waals surface area (Å²) in [6.45, 7) is 2.05. The number of hydrogen-bond donors (Lipinski definition) is 0. The van der Waals surface area contributed by atoms with Gasteiger partial charge in [0.05, 0.1) is 0 Å². The third kappa shape index (κ3) is 1.67. The van der Waals surface area contributed by atoms with Crippen molar-refractivity contribution in [3.8, 4) is 11.1 Å². The summed E-state index contributed by atoms with van der Waals surface area (Å²) < 4.78 is 12.7. The van der Waals surface area contributed by atoms with Crippen LogP contribution in [0.4, 0.5) is 4.39 Å². The van der Waals surface area contributed by atoms with Gasteiger partial charge in [-0.25, -0.2) is 4.39 Å². The Bertz CT molecular complexity index is 429. The first-order valence-corrected chi connectivity index (χ1v) is 4.59. The number of hydrogen-bond acceptors (Lipinski definition) is 0. The standard InChI is InChI=1S/C13H11F/c1-10-4-2-3-5-13(10)11-6-8-12(14)9-7-11/h2-9H,1H3/i14-1. The molecule has 2 aromatic rings. The van der Waals surface area contributed by atoms with Crippen molar-refractivity contribution in [1.29, 1.82) is 0 Å². The summed E-state index contributed by atoms with van der Waals surface area (Å²) in [6.07, 6.45) is 0. The van der Waals surface area contributed by atoms with E-state index in [9.17, 15) is 4.39 Å². The van der Waals surface area contributed by atoms with Crippen LogP contribution in [-0.4, -0.2) is 0 Å². The van der Waals surface area contributed by atoms with Gasteiger partial charge in [0.15, 0.2) is 0 Å². The fourth-order valence-corrected chi connectivity index (χ4v) is 1.53. The van der Waals surface area contributed by atoms with Gasteiger partial charge in [-0.3, -0.25) is 0 Å². The smallest absolute Gasteiger partial charge is 0.123 e. The summed E-state index contributed by atoms with van der Waals surface area (Å²) in [5.74, 6) is -0.192. The van der Waals surface area contributed by atoms with E-state index < -0.39 is 0 Å². The summed E-state index contributed by atoms with van der Waals surface area (Å²) in [7, 11) is 0. The summed E-state index contributed by atoms with van der Waals surface area (Å²) in [4.78, 5) is 0. The van der Waals surface area contributed by atoms with Crippen LogP contribution in [0, 0.1) is 12.7 Å². The first-order valence-electron chi connectivity index (χ1n) is 4.59. The maximum atomic E-state index is 12.7. The zero-order chi connectivity index (χ0) is 9.97. The molecule has 0 unspecified atom stereocenters. The van der Waals surface area contributed by atoms with E-state index in [1.807, 2.05) is 18.2 Å². The van der Waals surface area contributed by atoms with Crippen molar-refractivity contribution in [1.82, 2.24) is 0 Å². The lowest BCUT2D eigenvalue weighted by Gasteiger charge is -2.04. The van der Waals surface area contributed by atoms with E-state index in [-0.39, 0.29) is 5.82 Å². The second-order valence-corrected chi connectivity index (χ2v) is 3.32. The Balaban J connectivity index is 2.50. The number of benzene rings is 2. The van der Waals surface area contributed by atoms with E-state index in [1.54, 1.807) is 12.1 Å². The Morgan fingerprint density at radius 3 is 2.14 bits per heavy atom. The van der Waals surface area contributed by atoms with Gasteiger partial charge in [-0.2, -0.15) is 0 Å². The molecule has 0 nitrogen and oxygen atoms in total. The monoisotopic (exact) mass is 185 g/mol. The van der Waals surface area contributed by atoms with Gasteiger partial charge in [0.1, 0.15) is 5.82 Å². The van der Waals surface area contributed by atoms with Crippen LogP contribution in [0.3, 0.4) is 0 Å². The fraction of sp³-hybridized carbons (Fsp3) is 0.0769. The van der Waals surface area contributed by atoms with Crippen LogP contribution >= 0.6 is 0 Å². The third-order valence-corrected chi connectivity index (χ3v) is 2.30. The molecule has 2 aromatic carbocycles. The first kappa shape index (κ1) is 8.95. The normalized spacial score (nSPS) is 10.1. The Kier molecular flexibility index (Phi) is 2.32. The van der Waals surface area contributed by atoms with Crippen molar-refractivity contribution in [2.75, 3.05) is 0 Å². The molecular weight excluding hydrogens is 174 g/mol. The lowest BCUT2D eigenvalue weighted by Crippen LogP contribution is -1.82. The van der Waals surface area contributed by atoms with Crippen molar-refractivity contribution in [2.24, 2.45) is 0 Å². The van der Waals surface area contributed by atoms with Crippen LogP contribution in [0.25, 0.3) is 11.1 Å². The predicted octanol–water partition coefficient (Wildman–Crippen LogP) is 3.80. The van der Waals surface area contributed by atoms with Crippen LogP contribution in [0.15, 0.2) is 48.5 Å². The van der Waals surface area contributed by atoms with Crippen molar-refractivity contribution >= 4 is 0 Å². The van der Waals surface area contributed by atoms with Gasteiger partial charge < -0.3 is 0 Å². The van der Waals surface area contributed by atoms with Crippen molar-refractivity contribution < 1.29 is 4.39 Å². The van der Waals surface area contributed by atoms with Crippen molar-refractivity contribution in [3.63, 3.8) is 0 Å². The van der Waals surface area contributed by atoms with Crippen LogP contribution in [0.2, 0.25) is 0 Å². The molecule has 0 amide bonds. The van der Waals surface area contributed by atoms with Crippen molar-refractivity contribution in [2.45, 2.75) is 6.92 Å². The van der Waals surface area contributed by atoms with Gasteiger partial charge in [-0.05, 0) is 35.7 Å². The third-order valence-electron chi connectivity index (χ3n) is 2.30. The number of halogens is 1. The van der Waals surface area contributed by atoms with Gasteiger partial charge in [-0.1, -0.05) is 36.4 Å². The SMILES string of the molecule is Cc1ccccc1-c1ccc([18F])cc1. The molecule has 0 spiro atoms. The molecule has 1 heteroatoms. The van der Waals surface area contributed by atoms with E-state index in [4.69, 9.17) is 0 Å². The van der Waals surface area contributed by atoms with E-state index in [0.717, 1.165) is 11.1 Å². The van der Waals surface area contributed by atoms with E-state index in [2.05, 4.69) is 13.0 Å². The molecule has 0 aliphatic carbocycles. The molecule has 0 saturated heterocycles. The minimum absolute atomic E-state index is 0.192. The largest absolute Gasteiger partial charge is 0.207 e. The molecule has 0 N–H and O–H groups in total. The maximum Gasteiger partial charge on any atom is 0.123 e. The lowest BCUT2D eigenvalue weighted by molar-refractivity contribution is 0.628. The summed E-state index contributed by atoms with van der Waals surface area (Å²) in [6, 6.07) is 14.7. The maximum absolute atomic E-state index is 12.7. The van der Waals surface area contributed by atoms with Gasteiger partial charge in [0.2, 0.25) is 0 Å². The average Bonchev–Trinajstić information content (AvgIpc) is 2.20. The Labute approximate surface area is 83.0 Å². The first-order chi connectivity index (χ1) is 6.77. The highest BCUT2D eigenvalue weighted by Crippen LogP contribution is 2.22. The highest BCUT2D eigenvalue weighted by molar-refractivity contribution is 5.66. The van der Waals surface area contributed by atoms with Crippen LogP contribution in [0.5, 0.6) is 0 Å². The highest BCUT2D eigenvalue weighted by Gasteiger charge is 1.99. The minimum Gasteiger partial charge on any atom is -0.207 e. The summed E-state index contributed by atoms with van der Waals surface area (Å²) in [5, 5.41) is 0. The molecule has 0 aromatic heterocycles. The molecule has 0 heterocycles. The molecule has 0 aliphatic rings. The molecule has 0 atom stereocenters. The molecule has 70 valence electrons. The zero-order valence-electron chi connectivity index (χ0n) is 8.00. The molecule has 0 bridgehead atoms. The second-order valence-electron chi connectivity index (χ2n) is 3.32. The topological polar surface area (TPSA) is 0 Å². The van der Waals surface area contributed by atoms with Gasteiger partial charge in [0.25, 0.3) is 0 Å². The number of rotatable bonds is 1. The molecule has 0 radical (unpaired) electrons. The summed E-state index contributed by atoms with van der Waals surface area (Å²) >= 11 is 0. The molecule has 2 rings (SSSR count). The zero-order valence-corrected chi connectivity index (χ0v) is 8.00. The molecule has 0 fully saturated rings. The van der Waals surface area contributed by atoms with E-state index in [1.165, 1.54) is 17.7 Å². The predicted molar refractivity (Wildman–Crippen MR) is 56.6 cm³/mol. The van der Waals surface area contributed by atoms with E-state index >= 15 is 0 Å². The van der Waals surface area contributed by atoms with Gasteiger partial charge in [0, 0.05) is 0 Å². The van der Waals surface area contributed by atoms with Crippen LogP contribution in [-0.2, 0) is 0 Å². The quantitative estimate of drug-likeness (QED) is 0.634. The number of aryl methyl sites for hydroxylation is 1. The Morgan fingerprint density at radius 1 is 0.857 bits per heavy atom. The van der Waals surface area contributed by atoms with Gasteiger partial charge >= 0.3 is 0 Å². The van der Waals surface area contributed by atoms with Crippen LogP contribution in [0.1, 0.15) is 5.56 Å². The van der Waals surface area contributed by atoms with E-state index in [0.29, 0.717) is 0 Å². The molecule has 14 heavy (non-hydrogen) atoms. The molecular formula is C13H11F. The lowest BCUT2D eigenvalue weighted by atomic mass is 10.0. The second kappa shape index (κ2) is 3.62. The highest BCUT2D eigenvalue weighted by atomic mass is 18.2. The summed E-state index contributed by atoms with van der Waals surface area (Å²) in [5.41, 5.74) is 3.43. The fourth-order valence-electron chi connectivity index (χ4n) is 1.53. The van der Waals surface area contributed by atoms with Gasteiger partial charge in [-0.15, -0.1) is 0 Å². The Hall–Kier alpha value is -1.63. The minimum atomic E-state index is -0.192. The van der Waals surface area contributed by atoms with Crippen LogP contribution < -0.4 is 0 Å². The van der Waals surface area contributed by atoms with Crippen molar-refractivity contribution in [3.05, 3.63) is 59.9 Å². The molecule has 0 saturated carbocycles. The average molecular weight is 185 g/mol.